The number of fused-ring (bicyclic) bond motifs is 6. The highest BCUT2D eigenvalue weighted by atomic mass is 35.5. The van der Waals surface area contributed by atoms with Crippen LogP contribution in [0, 0.1) is 136 Å². The SMILES string of the molecule is CCc1c(C)nc2sc(-c3nnc(-c4ccccc4)o3)c(N)c2c1C.Cc1cccc(-c2nnc(-c3sc4nc(C)c(C)c(C)c4c3N)o2)c1.Cc1nc2sc(-c3nnc(-c4ccc(Cl)s4)o3)c(N)c2c(C)c1C.Cc1nc2sc(-c3nnc(-c4ccc(F)cc4)o3)c(N)c2c(C)c1C.Cc1nc2sc(-c3nnc(-c4cccc(Cl)c4)o3)c(N)c2c(C)c1C.Cc1nc2sc(-c3nnc(-c4cccc(F)c4)o3)c(N)c2c(C)c1C. The number of anilines is 6. The topological polar surface area (TPSA) is 467 Å². The molecule has 0 atom stereocenters. The summed E-state index contributed by atoms with van der Waals surface area (Å²) in [5, 5.41) is 56.0. The quantitative estimate of drug-likeness (QED) is 0.0624. The Morgan fingerprint density at radius 1 is 0.248 bits per heavy atom. The van der Waals surface area contributed by atoms with E-state index in [1.807, 2.05) is 149 Å². The minimum absolute atomic E-state index is 0.253. The molecule has 19 heterocycles. The van der Waals surface area contributed by atoms with Crippen LogP contribution in [0.3, 0.4) is 0 Å². The number of benzene rings is 5. The fraction of sp³-hybridized carbons (Fsp3) is 0.185. The summed E-state index contributed by atoms with van der Waals surface area (Å²) in [6, 6.07) is 40.6. The fourth-order valence-corrected chi connectivity index (χ4v) is 24.9. The van der Waals surface area contributed by atoms with Crippen molar-refractivity contribution in [2.45, 2.75) is 138 Å². The lowest BCUT2D eigenvalue weighted by atomic mass is 10.0. The number of rotatable bonds is 13. The molecule has 5 aromatic carbocycles. The molecule has 0 fully saturated rings. The number of nitrogens with two attached hydrogens (primary N) is 6. The molecule has 41 heteroatoms. The summed E-state index contributed by atoms with van der Waals surface area (Å²) in [6.07, 6.45) is 0.934. The number of hydrogen-bond donors (Lipinski definition) is 6. The summed E-state index contributed by atoms with van der Waals surface area (Å²) in [5.41, 5.74) is 66.8. The molecular formula is C108H94Cl2F2N24O6S7. The molecule has 24 rings (SSSR count). The summed E-state index contributed by atoms with van der Waals surface area (Å²) in [6.45, 7) is 38.8. The molecule has 0 unspecified atom stereocenters. The molecule has 0 bridgehead atoms. The van der Waals surface area contributed by atoms with Crippen LogP contribution >= 0.6 is 103 Å². The van der Waals surface area contributed by atoms with Crippen molar-refractivity contribution in [3.05, 3.63) is 267 Å². The molecule has 0 spiro atoms. The standard InChI is InChI=1S/2C19H18N4OS.C18H15ClN4OS.2C18H15FN4OS.C16H13ClN4OS2/c1-9-6-5-7-13(8-9)17-22-23-18(24-17)16-15(20)14-11(3)10(2)12(4)21-19(14)25-16;1-4-13-10(2)14-15(20)16(25-19(14)21-11(13)3)18-23-22-17(24-18)12-8-6-5-7-9-12;1-8-9(2)13-14(20)15(25-18(13)21-10(8)3)17-23-22-16(24-17)11-5-4-6-12(19)7-11;1-8-9(2)13-14(20)15(25-18(13)21-10(8)3)17-23-22-16(24-17)11-4-6-12(19)7-5-11;1-8-9(2)13-14(20)15(25-18(13)21-10(8)3)17-23-22-16(24-17)11-5-4-6-12(19)7-11;1-6-7(2)11-12(18)13(24-16(11)19-8(6)3)15-21-20-14(22-15)9-4-5-10(17)23-9/h5-8H,20H2,1-4H3;5-9H,4,20H2,1-3H3;3*4-7H,20H2,1-3H3;4-5H,18H2,1-3H3. The van der Waals surface area contributed by atoms with Crippen molar-refractivity contribution in [2.75, 3.05) is 34.4 Å². The normalized spacial score (nSPS) is 11.4. The first-order chi connectivity index (χ1) is 71.4. The molecular weight excluding hydrogens is 2060 g/mol. The Balaban J connectivity index is 0.000000112. The second kappa shape index (κ2) is 41.7. The van der Waals surface area contributed by atoms with Crippen molar-refractivity contribution in [3.63, 3.8) is 0 Å². The van der Waals surface area contributed by atoms with Gasteiger partial charge in [-0.25, -0.2) is 38.7 Å². The van der Waals surface area contributed by atoms with Gasteiger partial charge in [-0.15, -0.1) is 141 Å². The van der Waals surface area contributed by atoms with Crippen LogP contribution in [0.25, 0.3) is 194 Å². The predicted molar refractivity (Wildman–Crippen MR) is 599 cm³/mol. The van der Waals surface area contributed by atoms with Crippen molar-refractivity contribution in [3.8, 4) is 133 Å². The van der Waals surface area contributed by atoms with Gasteiger partial charge < -0.3 is 60.9 Å². The Morgan fingerprint density at radius 3 is 0.839 bits per heavy atom. The lowest BCUT2D eigenvalue weighted by molar-refractivity contribution is 0.583. The first-order valence-corrected chi connectivity index (χ1v) is 53.0. The van der Waals surface area contributed by atoms with Gasteiger partial charge in [0.1, 0.15) is 69.9 Å². The lowest BCUT2D eigenvalue weighted by Gasteiger charge is -2.08. The van der Waals surface area contributed by atoms with E-state index in [1.54, 1.807) is 42.5 Å². The Bertz CT molecular complexity index is 8900. The van der Waals surface area contributed by atoms with Crippen molar-refractivity contribution in [1.82, 2.24) is 91.1 Å². The number of nitrogens with zero attached hydrogens (tertiary/aromatic N) is 18. The van der Waals surface area contributed by atoms with Gasteiger partial charge in [0.15, 0.2) is 0 Å². The third-order valence-electron chi connectivity index (χ3n) is 26.2. The minimum atomic E-state index is -0.357. The Labute approximate surface area is 889 Å². The van der Waals surface area contributed by atoms with Crippen molar-refractivity contribution < 1.29 is 35.3 Å². The van der Waals surface area contributed by atoms with Crippen molar-refractivity contribution >= 4 is 198 Å². The van der Waals surface area contributed by atoms with Crippen LogP contribution in [0.5, 0.6) is 0 Å². The molecule has 0 amide bonds. The summed E-state index contributed by atoms with van der Waals surface area (Å²) >= 11 is 22.2. The van der Waals surface area contributed by atoms with Crippen molar-refractivity contribution in [2.24, 2.45) is 0 Å². The van der Waals surface area contributed by atoms with Gasteiger partial charge in [-0.05, 0) is 295 Å². The molecule has 12 N–H and O–H groups in total. The van der Waals surface area contributed by atoms with E-state index in [4.69, 9.17) is 89.1 Å². The first kappa shape index (κ1) is 102. The van der Waals surface area contributed by atoms with Gasteiger partial charge >= 0.3 is 0 Å². The maximum Gasteiger partial charge on any atom is 0.260 e. The number of aromatic nitrogens is 18. The molecule has 0 radical (unpaired) electrons. The van der Waals surface area contributed by atoms with E-state index in [-0.39, 0.29) is 17.5 Å². The fourth-order valence-electron chi connectivity index (χ4n) is 17.0. The van der Waals surface area contributed by atoms with E-state index < -0.39 is 0 Å². The Hall–Kier alpha value is -15.5. The number of hydrogen-bond acceptors (Lipinski definition) is 37. The third kappa shape index (κ3) is 19.8. The van der Waals surface area contributed by atoms with Crippen LogP contribution in [0.1, 0.15) is 113 Å². The number of nitrogen functional groups attached to an aromatic ring is 6. The molecule has 24 aromatic rings. The maximum atomic E-state index is 13.4. The minimum Gasteiger partial charge on any atom is -0.415 e. The van der Waals surface area contributed by atoms with Crippen molar-refractivity contribution in [1.29, 1.82) is 0 Å². The largest absolute Gasteiger partial charge is 0.415 e. The van der Waals surface area contributed by atoms with Crippen LogP contribution < -0.4 is 34.4 Å². The number of halogens is 4. The van der Waals surface area contributed by atoms with E-state index >= 15 is 0 Å². The summed E-state index contributed by atoms with van der Waals surface area (Å²) in [7, 11) is 0. The van der Waals surface area contributed by atoms with Crippen LogP contribution in [-0.4, -0.2) is 91.1 Å². The highest BCUT2D eigenvalue weighted by Crippen LogP contribution is 2.51. The molecule has 752 valence electrons. The van der Waals surface area contributed by atoms with Crippen LogP contribution in [0.4, 0.5) is 42.9 Å². The average Bonchev–Trinajstić information content (AvgIpc) is 1.69. The van der Waals surface area contributed by atoms with Gasteiger partial charge in [0.2, 0.25) is 29.5 Å². The monoisotopic (exact) mass is 2150 g/mol. The highest BCUT2D eigenvalue weighted by Gasteiger charge is 2.30. The summed E-state index contributed by atoms with van der Waals surface area (Å²) < 4.78 is 62.1. The second-order valence-electron chi connectivity index (χ2n) is 35.4. The van der Waals surface area contributed by atoms with Gasteiger partial charge in [-0.2, -0.15) is 0 Å². The zero-order valence-corrected chi connectivity index (χ0v) is 91.0. The molecule has 19 aromatic heterocycles. The van der Waals surface area contributed by atoms with Crippen LogP contribution in [0.2, 0.25) is 9.36 Å². The predicted octanol–water partition coefficient (Wildman–Crippen LogP) is 29.3. The molecule has 149 heavy (non-hydrogen) atoms. The summed E-state index contributed by atoms with van der Waals surface area (Å²) in [4.78, 5) is 38.5. The number of aryl methyl sites for hydroxylation is 13. The first-order valence-electron chi connectivity index (χ1n) is 46.5. The highest BCUT2D eigenvalue weighted by molar-refractivity contribution is 7.25. The van der Waals surface area contributed by atoms with Gasteiger partial charge in [-0.3, -0.25) is 0 Å². The summed E-state index contributed by atoms with van der Waals surface area (Å²) in [5.74, 6) is 4.07. The van der Waals surface area contributed by atoms with E-state index in [1.165, 1.54) is 115 Å². The van der Waals surface area contributed by atoms with Gasteiger partial charge in [0.25, 0.3) is 41.2 Å². The third-order valence-corrected chi connectivity index (χ3v) is 34.2. The Kier molecular flexibility index (Phi) is 28.6. The number of thiophene rings is 7. The van der Waals surface area contributed by atoms with Gasteiger partial charge in [-0.1, -0.05) is 78.2 Å². The van der Waals surface area contributed by atoms with E-state index in [0.717, 1.165) is 204 Å². The Morgan fingerprint density at radius 2 is 0.523 bits per heavy atom. The smallest absolute Gasteiger partial charge is 0.260 e. The van der Waals surface area contributed by atoms with Gasteiger partial charge in [0, 0.05) is 99.3 Å². The maximum absolute atomic E-state index is 13.4. The zero-order valence-electron chi connectivity index (χ0n) is 83.8. The molecule has 30 nitrogen and oxygen atoms in total. The van der Waals surface area contributed by atoms with E-state index in [9.17, 15) is 8.78 Å². The molecule has 0 aliphatic carbocycles. The van der Waals surface area contributed by atoms with Crippen LogP contribution in [0.15, 0.2) is 166 Å². The molecule has 0 saturated heterocycles. The lowest BCUT2D eigenvalue weighted by Crippen LogP contribution is -1.97. The van der Waals surface area contributed by atoms with E-state index in [0.29, 0.717) is 129 Å². The van der Waals surface area contributed by atoms with E-state index in [2.05, 4.69) is 141 Å². The molecule has 0 aliphatic rings. The second-order valence-corrected chi connectivity index (χ2v) is 43.5. The molecule has 0 saturated carbocycles. The molecule has 0 aliphatic heterocycles. The van der Waals surface area contributed by atoms with Crippen LogP contribution in [-0.2, 0) is 6.42 Å². The zero-order chi connectivity index (χ0) is 105. The van der Waals surface area contributed by atoms with Gasteiger partial charge in [0.05, 0.1) is 43.3 Å². The number of pyridine rings is 6. The average molecular weight is 2160 g/mol.